The Morgan fingerprint density at radius 3 is 2.52 bits per heavy atom. The number of amides is 1. The van der Waals surface area contributed by atoms with Crippen LogP contribution in [0.4, 0.5) is 5.69 Å². The fourth-order valence-corrected chi connectivity index (χ4v) is 3.94. The van der Waals surface area contributed by atoms with Crippen molar-refractivity contribution in [3.8, 4) is 0 Å². The quantitative estimate of drug-likeness (QED) is 0.343. The van der Waals surface area contributed by atoms with Gasteiger partial charge in [-0.15, -0.1) is 24.0 Å². The molecule has 1 amide bonds. The van der Waals surface area contributed by atoms with E-state index in [4.69, 9.17) is 0 Å². The van der Waals surface area contributed by atoms with E-state index in [0.29, 0.717) is 19.0 Å². The van der Waals surface area contributed by atoms with Crippen molar-refractivity contribution < 1.29 is 4.79 Å². The first-order valence-corrected chi connectivity index (χ1v) is 10.4. The monoisotopic (exact) mass is 514 g/mol. The minimum atomic E-state index is 0. The molecule has 0 bridgehead atoms. The number of rotatable bonds is 6. The maximum atomic E-state index is 12.4. The Morgan fingerprint density at radius 1 is 1.21 bits per heavy atom. The third-order valence-electron chi connectivity index (χ3n) is 5.80. The number of para-hydroxylation sites is 1. The van der Waals surface area contributed by atoms with Crippen LogP contribution in [0.5, 0.6) is 0 Å². The second-order valence-electron chi connectivity index (χ2n) is 7.66. The van der Waals surface area contributed by atoms with Gasteiger partial charge in [-0.2, -0.15) is 0 Å². The zero-order chi connectivity index (χ0) is 19.9. The van der Waals surface area contributed by atoms with Crippen molar-refractivity contribution in [1.82, 2.24) is 20.4 Å². The average Bonchev–Trinajstić information content (AvgIpc) is 3.11. The first kappa shape index (κ1) is 23.9. The summed E-state index contributed by atoms with van der Waals surface area (Å²) >= 11 is 0. The molecule has 2 saturated heterocycles. The third kappa shape index (κ3) is 6.55. The number of piperazine rings is 1. The van der Waals surface area contributed by atoms with Gasteiger partial charge in [0, 0.05) is 64.5 Å². The molecule has 2 aliphatic rings. The summed E-state index contributed by atoms with van der Waals surface area (Å²) < 4.78 is 0. The van der Waals surface area contributed by atoms with Gasteiger partial charge in [0.15, 0.2) is 5.96 Å². The Balaban J connectivity index is 0.00000300. The van der Waals surface area contributed by atoms with Gasteiger partial charge in [-0.05, 0) is 25.6 Å². The predicted molar refractivity (Wildman–Crippen MR) is 130 cm³/mol. The Kier molecular flexibility index (Phi) is 9.64. The molecule has 2 aliphatic heterocycles. The van der Waals surface area contributed by atoms with E-state index in [1.165, 1.54) is 0 Å². The molecule has 8 heteroatoms. The van der Waals surface area contributed by atoms with Crippen LogP contribution >= 0.6 is 24.0 Å². The smallest absolute Gasteiger partial charge is 0.229 e. The standard InChI is InChI=1S/C21H34N6O.HI/c1-4-25-10-12-26(13-11-25)17(2)15-23-21(22-3)24-18-14-20(28)27(16-18)19-8-6-5-7-9-19;/h5-9,17-18H,4,10-16H2,1-3H3,(H2,22,23,24);1H. The molecule has 3 rings (SSSR count). The van der Waals surface area contributed by atoms with Gasteiger partial charge in [-0.1, -0.05) is 25.1 Å². The van der Waals surface area contributed by atoms with E-state index in [9.17, 15) is 4.79 Å². The predicted octanol–water partition coefficient (Wildman–Crippen LogP) is 1.60. The molecule has 2 N–H and O–H groups in total. The van der Waals surface area contributed by atoms with Crippen LogP contribution in [0.1, 0.15) is 20.3 Å². The summed E-state index contributed by atoms with van der Waals surface area (Å²) in [6.45, 7) is 11.7. The van der Waals surface area contributed by atoms with Crippen LogP contribution in [0.25, 0.3) is 0 Å². The van der Waals surface area contributed by atoms with Crippen molar-refractivity contribution in [1.29, 1.82) is 0 Å². The molecule has 2 fully saturated rings. The number of carbonyl (C=O) groups excluding carboxylic acids is 1. The van der Waals surface area contributed by atoms with E-state index in [0.717, 1.165) is 50.9 Å². The molecule has 0 aromatic heterocycles. The highest BCUT2D eigenvalue weighted by molar-refractivity contribution is 14.0. The molecule has 162 valence electrons. The van der Waals surface area contributed by atoms with Gasteiger partial charge in [0.25, 0.3) is 0 Å². The number of nitrogens with one attached hydrogen (secondary N) is 2. The maximum Gasteiger partial charge on any atom is 0.229 e. The molecule has 0 spiro atoms. The Labute approximate surface area is 191 Å². The van der Waals surface area contributed by atoms with E-state index >= 15 is 0 Å². The molecule has 2 atom stereocenters. The topological polar surface area (TPSA) is 63.2 Å². The van der Waals surface area contributed by atoms with Crippen molar-refractivity contribution in [2.24, 2.45) is 4.99 Å². The Hall–Kier alpha value is -1.39. The van der Waals surface area contributed by atoms with Crippen LogP contribution in [-0.4, -0.2) is 86.6 Å². The average molecular weight is 514 g/mol. The number of hydrogen-bond acceptors (Lipinski definition) is 4. The number of benzene rings is 1. The highest BCUT2D eigenvalue weighted by Crippen LogP contribution is 2.20. The SMILES string of the molecule is CCN1CCN(C(C)CNC(=NC)NC2CC(=O)N(c3ccccc3)C2)CC1.I. The summed E-state index contributed by atoms with van der Waals surface area (Å²) in [7, 11) is 1.78. The third-order valence-corrected chi connectivity index (χ3v) is 5.80. The van der Waals surface area contributed by atoms with Gasteiger partial charge in [-0.25, -0.2) is 0 Å². The van der Waals surface area contributed by atoms with Crippen molar-refractivity contribution in [3.63, 3.8) is 0 Å². The fourth-order valence-electron chi connectivity index (χ4n) is 3.94. The normalized spacial score (nSPS) is 22.3. The summed E-state index contributed by atoms with van der Waals surface area (Å²) in [4.78, 5) is 23.6. The largest absolute Gasteiger partial charge is 0.355 e. The number of carbonyl (C=O) groups is 1. The molecule has 1 aromatic carbocycles. The Bertz CT molecular complexity index is 662. The van der Waals surface area contributed by atoms with E-state index < -0.39 is 0 Å². The molecule has 0 saturated carbocycles. The Morgan fingerprint density at radius 2 is 1.90 bits per heavy atom. The van der Waals surface area contributed by atoms with Crippen molar-refractivity contribution in [3.05, 3.63) is 30.3 Å². The summed E-state index contributed by atoms with van der Waals surface area (Å²) in [5.41, 5.74) is 0.958. The van der Waals surface area contributed by atoms with Crippen LogP contribution < -0.4 is 15.5 Å². The van der Waals surface area contributed by atoms with Crippen LogP contribution in [-0.2, 0) is 4.79 Å². The number of aliphatic imine (C=N–C) groups is 1. The van der Waals surface area contributed by atoms with Crippen molar-refractivity contribution in [2.75, 3.05) is 57.8 Å². The van der Waals surface area contributed by atoms with Gasteiger partial charge < -0.3 is 20.4 Å². The summed E-state index contributed by atoms with van der Waals surface area (Å²) in [6, 6.07) is 10.4. The number of anilines is 1. The van der Waals surface area contributed by atoms with Crippen LogP contribution in [0, 0.1) is 0 Å². The summed E-state index contributed by atoms with van der Waals surface area (Å²) in [5, 5.41) is 6.86. The first-order chi connectivity index (χ1) is 13.6. The van der Waals surface area contributed by atoms with Crippen molar-refractivity contribution in [2.45, 2.75) is 32.4 Å². The molecule has 2 unspecified atom stereocenters. The lowest BCUT2D eigenvalue weighted by Crippen LogP contribution is -2.53. The maximum absolute atomic E-state index is 12.4. The van der Waals surface area contributed by atoms with Gasteiger partial charge in [0.2, 0.25) is 5.91 Å². The lowest BCUT2D eigenvalue weighted by atomic mass is 10.2. The molecule has 1 aromatic rings. The van der Waals surface area contributed by atoms with E-state index in [1.807, 2.05) is 35.2 Å². The fraction of sp³-hybridized carbons (Fsp3) is 0.619. The van der Waals surface area contributed by atoms with E-state index in [-0.39, 0.29) is 35.9 Å². The molecule has 0 radical (unpaired) electrons. The zero-order valence-electron chi connectivity index (χ0n) is 17.8. The van der Waals surface area contributed by atoms with E-state index in [1.54, 1.807) is 7.05 Å². The highest BCUT2D eigenvalue weighted by Gasteiger charge is 2.31. The number of guanidine groups is 1. The molecule has 0 aliphatic carbocycles. The molecule has 2 heterocycles. The van der Waals surface area contributed by atoms with Crippen molar-refractivity contribution >= 4 is 41.5 Å². The van der Waals surface area contributed by atoms with Gasteiger partial charge >= 0.3 is 0 Å². The van der Waals surface area contributed by atoms with Gasteiger partial charge in [0.1, 0.15) is 0 Å². The molecular formula is C21H35IN6O. The molecule has 29 heavy (non-hydrogen) atoms. The second-order valence-corrected chi connectivity index (χ2v) is 7.66. The van der Waals surface area contributed by atoms with Crippen LogP contribution in [0.2, 0.25) is 0 Å². The minimum Gasteiger partial charge on any atom is -0.355 e. The van der Waals surface area contributed by atoms with Gasteiger partial charge in [0.05, 0.1) is 6.04 Å². The molecule has 7 nitrogen and oxygen atoms in total. The van der Waals surface area contributed by atoms with Gasteiger partial charge in [-0.3, -0.25) is 14.7 Å². The summed E-state index contributed by atoms with van der Waals surface area (Å²) in [5.74, 6) is 0.924. The van der Waals surface area contributed by atoms with E-state index in [2.05, 4.69) is 39.3 Å². The number of halogens is 1. The van der Waals surface area contributed by atoms with Crippen LogP contribution in [0.3, 0.4) is 0 Å². The first-order valence-electron chi connectivity index (χ1n) is 10.4. The number of hydrogen-bond donors (Lipinski definition) is 2. The molecular weight excluding hydrogens is 479 g/mol. The number of nitrogens with zero attached hydrogens (tertiary/aromatic N) is 4. The zero-order valence-corrected chi connectivity index (χ0v) is 20.1. The second kappa shape index (κ2) is 11.7. The minimum absolute atomic E-state index is 0. The highest BCUT2D eigenvalue weighted by atomic mass is 127. The van der Waals surface area contributed by atoms with Crippen LogP contribution in [0.15, 0.2) is 35.3 Å². The lowest BCUT2D eigenvalue weighted by molar-refractivity contribution is -0.117. The number of likely N-dealkylation sites (N-methyl/N-ethyl adjacent to an activating group) is 1. The lowest BCUT2D eigenvalue weighted by Gasteiger charge is -2.37. The summed E-state index contributed by atoms with van der Waals surface area (Å²) in [6.07, 6.45) is 0.490.